The van der Waals surface area contributed by atoms with Crippen LogP contribution in [0.2, 0.25) is 0 Å². The van der Waals surface area contributed by atoms with Crippen molar-refractivity contribution in [2.75, 3.05) is 30.4 Å². The lowest BCUT2D eigenvalue weighted by molar-refractivity contribution is 0.102. The highest BCUT2D eigenvalue weighted by atomic mass is 19.1. The quantitative estimate of drug-likeness (QED) is 0.403. The second kappa shape index (κ2) is 9.29. The molecule has 1 aliphatic carbocycles. The number of anilines is 2. The predicted octanol–water partition coefficient (Wildman–Crippen LogP) is 3.52. The molecule has 0 atom stereocenters. The van der Waals surface area contributed by atoms with E-state index in [1.165, 1.54) is 26.0 Å². The Bertz CT molecular complexity index is 1610. The number of pyridine rings is 1. The van der Waals surface area contributed by atoms with Crippen LogP contribution in [0.4, 0.5) is 15.8 Å². The molecule has 0 radical (unpaired) electrons. The van der Waals surface area contributed by atoms with E-state index in [2.05, 4.69) is 31.7 Å². The highest BCUT2D eigenvalue weighted by Gasteiger charge is 2.30. The van der Waals surface area contributed by atoms with Gasteiger partial charge in [0.1, 0.15) is 34.2 Å². The molecule has 2 N–H and O–H groups in total. The van der Waals surface area contributed by atoms with Gasteiger partial charge in [-0.15, -0.1) is 0 Å². The van der Waals surface area contributed by atoms with Gasteiger partial charge in [-0.25, -0.2) is 9.37 Å². The number of nitrogens with one attached hydrogen (secondary N) is 2. The van der Waals surface area contributed by atoms with Gasteiger partial charge in [0, 0.05) is 56.2 Å². The zero-order valence-electron chi connectivity index (χ0n) is 21.6. The van der Waals surface area contributed by atoms with Gasteiger partial charge in [0.15, 0.2) is 11.4 Å². The number of benzene rings is 1. The molecule has 6 rings (SSSR count). The van der Waals surface area contributed by atoms with Gasteiger partial charge in [0.05, 0.1) is 18.5 Å². The topological polar surface area (TPSA) is 113 Å². The van der Waals surface area contributed by atoms with E-state index in [9.17, 15) is 10.1 Å². The summed E-state index contributed by atoms with van der Waals surface area (Å²) in [4.78, 5) is 20.1. The van der Waals surface area contributed by atoms with Crippen molar-refractivity contribution in [3.05, 3.63) is 47.3 Å². The molecule has 1 saturated carbocycles. The van der Waals surface area contributed by atoms with Gasteiger partial charge in [-0.3, -0.25) is 9.48 Å². The maximum atomic E-state index is 15.7. The van der Waals surface area contributed by atoms with Crippen molar-refractivity contribution in [3.63, 3.8) is 0 Å². The first-order chi connectivity index (χ1) is 18.4. The molecule has 4 aromatic rings. The van der Waals surface area contributed by atoms with E-state index in [0.29, 0.717) is 23.4 Å². The third-order valence-corrected chi connectivity index (χ3v) is 7.34. The standard InChI is InChI=1S/C27H29FN8O2/c1-15-12-36-14-21(25(38-3)18(11-29)26(36)30-15)32-27(37)23-20(28)10-22(19-13-34(2)33-24(19)23)35-8-6-17(7-9-35)31-16-4-5-16/h10,12-14,16-17,31H,4-9H2,1-3H3,(H,32,37). The number of piperidine rings is 1. The number of rotatable bonds is 6. The number of ether oxygens (including phenoxy) is 1. The van der Waals surface area contributed by atoms with E-state index in [4.69, 9.17) is 4.74 Å². The van der Waals surface area contributed by atoms with E-state index >= 15 is 4.39 Å². The number of nitrogens with zero attached hydrogens (tertiary/aromatic N) is 6. The van der Waals surface area contributed by atoms with Crippen LogP contribution in [0.5, 0.6) is 5.75 Å². The van der Waals surface area contributed by atoms with E-state index in [1.807, 2.05) is 6.20 Å². The first kappa shape index (κ1) is 24.2. The fourth-order valence-corrected chi connectivity index (χ4v) is 5.41. The molecule has 1 saturated heterocycles. The monoisotopic (exact) mass is 516 g/mol. The summed E-state index contributed by atoms with van der Waals surface area (Å²) in [6.07, 6.45) is 9.65. The summed E-state index contributed by atoms with van der Waals surface area (Å²) in [5.74, 6) is -1.17. The first-order valence-corrected chi connectivity index (χ1v) is 12.8. The number of amides is 1. The summed E-state index contributed by atoms with van der Waals surface area (Å²) in [6.45, 7) is 3.41. The number of carbonyl (C=O) groups is 1. The molecule has 0 unspecified atom stereocenters. The van der Waals surface area contributed by atoms with Crippen LogP contribution in [0.1, 0.15) is 47.3 Å². The number of halogens is 1. The number of hydrogen-bond donors (Lipinski definition) is 2. The van der Waals surface area contributed by atoms with Gasteiger partial charge >= 0.3 is 0 Å². The third kappa shape index (κ3) is 4.20. The first-order valence-electron chi connectivity index (χ1n) is 12.8. The van der Waals surface area contributed by atoms with E-state index in [-0.39, 0.29) is 28.1 Å². The van der Waals surface area contributed by atoms with Crippen molar-refractivity contribution in [3.8, 4) is 11.8 Å². The summed E-state index contributed by atoms with van der Waals surface area (Å²) in [7, 11) is 3.17. The average Bonchev–Trinajstić information content (AvgIpc) is 3.50. The molecular formula is C27H29FN8O2. The van der Waals surface area contributed by atoms with Crippen LogP contribution in [0.25, 0.3) is 16.6 Å². The molecule has 1 amide bonds. The maximum absolute atomic E-state index is 15.7. The Labute approximate surface area is 219 Å². The Balaban J connectivity index is 1.34. The average molecular weight is 517 g/mol. The van der Waals surface area contributed by atoms with Crippen molar-refractivity contribution in [2.45, 2.75) is 44.7 Å². The van der Waals surface area contributed by atoms with E-state index in [1.54, 1.807) is 35.4 Å². The smallest absolute Gasteiger partial charge is 0.261 e. The minimum atomic E-state index is -0.677. The Morgan fingerprint density at radius 1 is 1.18 bits per heavy atom. The summed E-state index contributed by atoms with van der Waals surface area (Å²) < 4.78 is 24.4. The summed E-state index contributed by atoms with van der Waals surface area (Å²) in [6, 6.07) is 4.69. The van der Waals surface area contributed by atoms with Crippen molar-refractivity contribution in [1.29, 1.82) is 5.26 Å². The largest absolute Gasteiger partial charge is 0.493 e. The molecule has 0 bridgehead atoms. The number of hydrogen-bond acceptors (Lipinski definition) is 7. The van der Waals surface area contributed by atoms with Gasteiger partial charge in [-0.05, 0) is 38.7 Å². The predicted molar refractivity (Wildman–Crippen MR) is 141 cm³/mol. The summed E-state index contributed by atoms with van der Waals surface area (Å²) in [5.41, 5.74) is 2.41. The lowest BCUT2D eigenvalue weighted by atomic mass is 10.0. The summed E-state index contributed by atoms with van der Waals surface area (Å²) >= 11 is 0. The van der Waals surface area contributed by atoms with Crippen LogP contribution in [0.3, 0.4) is 0 Å². The van der Waals surface area contributed by atoms with Crippen LogP contribution in [-0.2, 0) is 7.05 Å². The molecule has 1 aliphatic heterocycles. The van der Waals surface area contributed by atoms with Gasteiger partial charge in [0.25, 0.3) is 5.91 Å². The van der Waals surface area contributed by atoms with Gasteiger partial charge in [-0.1, -0.05) is 0 Å². The second-order valence-corrected chi connectivity index (χ2v) is 10.1. The summed E-state index contributed by atoms with van der Waals surface area (Å²) in [5, 5.41) is 21.4. The van der Waals surface area contributed by atoms with E-state index in [0.717, 1.165) is 37.0 Å². The van der Waals surface area contributed by atoms with Gasteiger partial charge in [-0.2, -0.15) is 10.4 Å². The fraction of sp³-hybridized carbons (Fsp3) is 0.407. The SMILES string of the molecule is COc1c(NC(=O)c2c(F)cc(N3CCC(NC4CC4)CC3)c3cn(C)nc23)cn2cc(C)nc2c1C#N. The van der Waals surface area contributed by atoms with Gasteiger partial charge in [0.2, 0.25) is 0 Å². The minimum absolute atomic E-state index is 0.155. The van der Waals surface area contributed by atoms with Gasteiger partial charge < -0.3 is 24.7 Å². The fourth-order valence-electron chi connectivity index (χ4n) is 5.41. The van der Waals surface area contributed by atoms with Crippen LogP contribution in [0.15, 0.2) is 24.7 Å². The van der Waals surface area contributed by atoms with Crippen LogP contribution in [-0.4, -0.2) is 57.4 Å². The zero-order valence-corrected chi connectivity index (χ0v) is 21.6. The highest BCUT2D eigenvalue weighted by Crippen LogP contribution is 2.36. The number of aryl methyl sites for hydroxylation is 2. The number of carbonyl (C=O) groups excluding carboxylic acids is 1. The molecular weight excluding hydrogens is 487 g/mol. The van der Waals surface area contributed by atoms with Crippen molar-refractivity contribution < 1.29 is 13.9 Å². The second-order valence-electron chi connectivity index (χ2n) is 10.1. The van der Waals surface area contributed by atoms with Crippen LogP contribution < -0.4 is 20.3 Å². The lowest BCUT2D eigenvalue weighted by Crippen LogP contribution is -2.43. The molecule has 1 aromatic carbocycles. The Kier molecular flexibility index (Phi) is 5.91. The molecule has 4 heterocycles. The third-order valence-electron chi connectivity index (χ3n) is 7.34. The molecule has 0 spiro atoms. The Morgan fingerprint density at radius 2 is 1.92 bits per heavy atom. The normalized spacial score (nSPS) is 16.2. The number of aromatic nitrogens is 4. The molecule has 11 heteroatoms. The number of imidazole rings is 1. The Hall–Kier alpha value is -4.17. The minimum Gasteiger partial charge on any atom is -0.493 e. The number of methoxy groups -OCH3 is 1. The number of nitriles is 1. The van der Waals surface area contributed by atoms with Crippen molar-refractivity contribution in [2.24, 2.45) is 7.05 Å². The molecule has 2 fully saturated rings. The molecule has 3 aromatic heterocycles. The van der Waals surface area contributed by atoms with Crippen molar-refractivity contribution in [1.82, 2.24) is 24.5 Å². The number of fused-ring (bicyclic) bond motifs is 2. The van der Waals surface area contributed by atoms with Crippen LogP contribution in [0, 0.1) is 24.1 Å². The Morgan fingerprint density at radius 3 is 2.61 bits per heavy atom. The van der Waals surface area contributed by atoms with E-state index < -0.39 is 11.7 Å². The van der Waals surface area contributed by atoms with Crippen molar-refractivity contribution >= 4 is 33.8 Å². The zero-order chi connectivity index (χ0) is 26.6. The lowest BCUT2D eigenvalue weighted by Gasteiger charge is -2.34. The molecule has 10 nitrogen and oxygen atoms in total. The maximum Gasteiger partial charge on any atom is 0.261 e. The molecule has 2 aliphatic rings. The van der Waals surface area contributed by atoms with Crippen LogP contribution >= 0.6 is 0 Å². The molecule has 38 heavy (non-hydrogen) atoms. The molecule has 196 valence electrons. The highest BCUT2D eigenvalue weighted by molar-refractivity contribution is 6.14.